The van der Waals surface area contributed by atoms with Crippen LogP contribution in [0.3, 0.4) is 0 Å². The molecule has 2 rings (SSSR count). The molecule has 7 heteroatoms. The molecule has 0 saturated carbocycles. The van der Waals surface area contributed by atoms with Crippen LogP contribution in [0.1, 0.15) is 11.4 Å². The Labute approximate surface area is 134 Å². The van der Waals surface area contributed by atoms with E-state index in [0.717, 1.165) is 5.69 Å². The highest BCUT2D eigenvalue weighted by atomic mass is 79.9. The molecule has 0 spiro atoms. The summed E-state index contributed by atoms with van der Waals surface area (Å²) in [5.74, 6) is 0. The van der Waals surface area contributed by atoms with E-state index in [1.807, 2.05) is 6.92 Å². The minimum Gasteiger partial charge on any atom is -0.278 e. The maximum absolute atomic E-state index is 12.4. The standard InChI is InChI=1S/C13H12Br2N2O2S/c1-8-3-6-12(9(2)16-8)17-20(18,19)13-7-10(14)4-5-11(13)15/h3-7,17H,1-2H3. The van der Waals surface area contributed by atoms with Crippen molar-refractivity contribution in [2.75, 3.05) is 4.72 Å². The van der Waals surface area contributed by atoms with Crippen LogP contribution in [0, 0.1) is 13.8 Å². The summed E-state index contributed by atoms with van der Waals surface area (Å²) in [7, 11) is -3.67. The van der Waals surface area contributed by atoms with E-state index in [4.69, 9.17) is 0 Å². The molecular weight excluding hydrogens is 408 g/mol. The molecule has 4 nitrogen and oxygen atoms in total. The molecule has 20 heavy (non-hydrogen) atoms. The fourth-order valence-corrected chi connectivity index (χ4v) is 4.30. The van der Waals surface area contributed by atoms with Crippen LogP contribution in [-0.4, -0.2) is 13.4 Å². The van der Waals surface area contributed by atoms with Gasteiger partial charge in [0.25, 0.3) is 10.0 Å². The Kier molecular flexibility index (Phi) is 4.51. The summed E-state index contributed by atoms with van der Waals surface area (Å²) in [6.07, 6.45) is 0. The Morgan fingerprint density at radius 2 is 1.80 bits per heavy atom. The molecule has 0 saturated heterocycles. The van der Waals surface area contributed by atoms with Crippen LogP contribution >= 0.6 is 31.9 Å². The van der Waals surface area contributed by atoms with Crippen molar-refractivity contribution in [1.29, 1.82) is 0 Å². The number of benzene rings is 1. The van der Waals surface area contributed by atoms with Crippen LogP contribution in [0.4, 0.5) is 5.69 Å². The monoisotopic (exact) mass is 418 g/mol. The average Bonchev–Trinajstić information content (AvgIpc) is 2.35. The van der Waals surface area contributed by atoms with Crippen molar-refractivity contribution in [3.8, 4) is 0 Å². The van der Waals surface area contributed by atoms with Crippen molar-refractivity contribution in [1.82, 2.24) is 4.98 Å². The van der Waals surface area contributed by atoms with Gasteiger partial charge in [-0.15, -0.1) is 0 Å². The van der Waals surface area contributed by atoms with E-state index in [0.29, 0.717) is 20.3 Å². The van der Waals surface area contributed by atoms with Crippen LogP contribution in [0.25, 0.3) is 0 Å². The zero-order chi connectivity index (χ0) is 14.9. The first-order valence-electron chi connectivity index (χ1n) is 5.72. The van der Waals surface area contributed by atoms with Gasteiger partial charge in [0.15, 0.2) is 0 Å². The number of aromatic nitrogens is 1. The molecule has 1 aromatic carbocycles. The smallest absolute Gasteiger partial charge is 0.263 e. The van der Waals surface area contributed by atoms with Gasteiger partial charge in [0.2, 0.25) is 0 Å². The third-order valence-corrected chi connectivity index (χ3v) is 5.50. The second kappa shape index (κ2) is 5.83. The number of halogens is 2. The minimum atomic E-state index is -3.67. The lowest BCUT2D eigenvalue weighted by Gasteiger charge is -2.12. The Morgan fingerprint density at radius 3 is 2.45 bits per heavy atom. The predicted octanol–water partition coefficient (Wildman–Crippen LogP) is 4.02. The van der Waals surface area contributed by atoms with E-state index in [2.05, 4.69) is 41.6 Å². The summed E-state index contributed by atoms with van der Waals surface area (Å²) in [4.78, 5) is 4.42. The Morgan fingerprint density at radius 1 is 1.10 bits per heavy atom. The molecule has 0 radical (unpaired) electrons. The maximum Gasteiger partial charge on any atom is 0.263 e. The number of aryl methyl sites for hydroxylation is 2. The highest BCUT2D eigenvalue weighted by molar-refractivity contribution is 9.11. The maximum atomic E-state index is 12.4. The van der Waals surface area contributed by atoms with Crippen LogP contribution in [0.2, 0.25) is 0 Å². The molecule has 0 aliphatic carbocycles. The van der Waals surface area contributed by atoms with Gasteiger partial charge in [-0.2, -0.15) is 0 Å². The summed E-state index contributed by atoms with van der Waals surface area (Å²) in [5, 5.41) is 0. The zero-order valence-corrected chi connectivity index (χ0v) is 14.8. The highest BCUT2D eigenvalue weighted by Gasteiger charge is 2.19. The zero-order valence-electron chi connectivity index (χ0n) is 10.8. The second-order valence-electron chi connectivity index (χ2n) is 4.27. The minimum absolute atomic E-state index is 0.173. The fraction of sp³-hybridized carbons (Fsp3) is 0.154. The largest absolute Gasteiger partial charge is 0.278 e. The van der Waals surface area contributed by atoms with Crippen LogP contribution in [0.5, 0.6) is 0 Å². The van der Waals surface area contributed by atoms with Gasteiger partial charge in [0.1, 0.15) is 4.90 Å². The van der Waals surface area contributed by atoms with E-state index >= 15 is 0 Å². The lowest BCUT2D eigenvalue weighted by Crippen LogP contribution is -2.15. The Balaban J connectivity index is 2.43. The SMILES string of the molecule is Cc1ccc(NS(=O)(=O)c2cc(Br)ccc2Br)c(C)n1. The van der Waals surface area contributed by atoms with Crippen molar-refractivity contribution in [2.45, 2.75) is 18.7 Å². The molecule has 0 fully saturated rings. The molecular formula is C13H12Br2N2O2S. The van der Waals surface area contributed by atoms with Crippen molar-refractivity contribution in [3.05, 3.63) is 50.7 Å². The van der Waals surface area contributed by atoms with Gasteiger partial charge in [-0.1, -0.05) is 15.9 Å². The van der Waals surface area contributed by atoms with Gasteiger partial charge in [-0.05, 0) is 60.1 Å². The number of hydrogen-bond acceptors (Lipinski definition) is 3. The first kappa shape index (κ1) is 15.5. The lowest BCUT2D eigenvalue weighted by atomic mass is 10.3. The first-order chi connectivity index (χ1) is 9.29. The van der Waals surface area contributed by atoms with Crippen molar-refractivity contribution >= 4 is 47.6 Å². The Hall–Kier alpha value is -0.920. The summed E-state index contributed by atoms with van der Waals surface area (Å²) < 4.78 is 28.6. The lowest BCUT2D eigenvalue weighted by molar-refractivity contribution is 0.600. The van der Waals surface area contributed by atoms with E-state index < -0.39 is 10.0 Å². The van der Waals surface area contributed by atoms with Gasteiger partial charge >= 0.3 is 0 Å². The van der Waals surface area contributed by atoms with E-state index in [9.17, 15) is 8.42 Å². The molecule has 106 valence electrons. The van der Waals surface area contributed by atoms with Gasteiger partial charge < -0.3 is 0 Å². The normalized spacial score (nSPS) is 11.4. The molecule has 0 aliphatic heterocycles. The third-order valence-electron chi connectivity index (χ3n) is 2.65. The molecule has 0 unspecified atom stereocenters. The molecule has 0 atom stereocenters. The third kappa shape index (κ3) is 3.39. The number of rotatable bonds is 3. The van der Waals surface area contributed by atoms with Gasteiger partial charge in [0, 0.05) is 14.6 Å². The van der Waals surface area contributed by atoms with Crippen LogP contribution < -0.4 is 4.72 Å². The molecule has 0 amide bonds. The number of hydrogen-bond donors (Lipinski definition) is 1. The second-order valence-corrected chi connectivity index (χ2v) is 7.69. The molecule has 2 aromatic rings. The van der Waals surface area contributed by atoms with Gasteiger partial charge in [-0.3, -0.25) is 9.71 Å². The number of anilines is 1. The summed E-state index contributed by atoms with van der Waals surface area (Å²) in [6, 6.07) is 8.46. The van der Waals surface area contributed by atoms with Gasteiger partial charge in [0.05, 0.1) is 11.4 Å². The summed E-state index contributed by atoms with van der Waals surface area (Å²) in [6.45, 7) is 3.62. The van der Waals surface area contributed by atoms with Crippen molar-refractivity contribution in [3.63, 3.8) is 0 Å². The fourth-order valence-electron chi connectivity index (χ4n) is 1.68. The summed E-state index contributed by atoms with van der Waals surface area (Å²) >= 11 is 6.53. The van der Waals surface area contributed by atoms with Gasteiger partial charge in [-0.25, -0.2) is 8.42 Å². The Bertz CT molecular complexity index is 761. The first-order valence-corrected chi connectivity index (χ1v) is 8.78. The highest BCUT2D eigenvalue weighted by Crippen LogP contribution is 2.28. The number of pyridine rings is 1. The van der Waals surface area contributed by atoms with E-state index in [1.165, 1.54) is 0 Å². The summed E-state index contributed by atoms with van der Waals surface area (Å²) in [5.41, 5.74) is 1.95. The topological polar surface area (TPSA) is 59.1 Å². The van der Waals surface area contributed by atoms with Crippen LogP contribution in [0.15, 0.2) is 44.2 Å². The molecule has 1 heterocycles. The number of sulfonamides is 1. The van der Waals surface area contributed by atoms with Crippen molar-refractivity contribution in [2.24, 2.45) is 0 Å². The molecule has 0 aliphatic rings. The molecule has 0 bridgehead atoms. The van der Waals surface area contributed by atoms with E-state index in [1.54, 1.807) is 37.3 Å². The number of nitrogens with one attached hydrogen (secondary N) is 1. The van der Waals surface area contributed by atoms with E-state index in [-0.39, 0.29) is 4.90 Å². The number of nitrogens with zero attached hydrogens (tertiary/aromatic N) is 1. The van der Waals surface area contributed by atoms with Crippen LogP contribution in [-0.2, 0) is 10.0 Å². The average molecular weight is 420 g/mol. The van der Waals surface area contributed by atoms with Crippen molar-refractivity contribution < 1.29 is 8.42 Å². The molecule has 1 aromatic heterocycles. The quantitative estimate of drug-likeness (QED) is 0.816. The predicted molar refractivity (Wildman–Crippen MR) is 86.4 cm³/mol. The molecule has 1 N–H and O–H groups in total.